The fraction of sp³-hybridized carbons (Fsp3) is 0.400. The second-order valence-electron chi connectivity index (χ2n) is 3.21. The van der Waals surface area contributed by atoms with E-state index in [1.807, 2.05) is 0 Å². The lowest BCUT2D eigenvalue weighted by atomic mass is 10.1. The molecule has 1 aromatic rings. The van der Waals surface area contributed by atoms with Crippen molar-refractivity contribution in [2.45, 2.75) is 26.4 Å². The molecule has 0 N–H and O–H groups in total. The molecule has 0 atom stereocenters. The molecule has 0 aliphatic rings. The van der Waals surface area contributed by atoms with Gasteiger partial charge in [0.05, 0.1) is 18.2 Å². The molecule has 0 unspecified atom stereocenters. The fourth-order valence-electron chi connectivity index (χ4n) is 1.30. The molecule has 0 aliphatic carbocycles. The van der Waals surface area contributed by atoms with Gasteiger partial charge in [-0.25, -0.2) is 4.39 Å². The SMILES string of the molecule is Cc1cnc(CC#N)c(CF)c1OC(F)(F)F. The Morgan fingerprint density at radius 3 is 2.59 bits per heavy atom. The summed E-state index contributed by atoms with van der Waals surface area (Å²) >= 11 is 0. The maximum absolute atomic E-state index is 12.7. The van der Waals surface area contributed by atoms with Gasteiger partial charge in [0.25, 0.3) is 0 Å². The number of nitriles is 1. The van der Waals surface area contributed by atoms with E-state index in [1.165, 1.54) is 6.92 Å². The number of hydrogen-bond donors (Lipinski definition) is 0. The lowest BCUT2D eigenvalue weighted by molar-refractivity contribution is -0.275. The van der Waals surface area contributed by atoms with Crippen molar-refractivity contribution in [3.63, 3.8) is 0 Å². The molecular formula is C10H8F4N2O. The van der Waals surface area contributed by atoms with E-state index in [0.717, 1.165) is 6.20 Å². The molecule has 17 heavy (non-hydrogen) atoms. The van der Waals surface area contributed by atoms with Crippen LogP contribution in [-0.2, 0) is 13.1 Å². The average Bonchev–Trinajstić information content (AvgIpc) is 2.22. The van der Waals surface area contributed by atoms with Crippen LogP contribution in [0.4, 0.5) is 17.6 Å². The predicted octanol–water partition coefficient (Wildman–Crippen LogP) is 2.82. The summed E-state index contributed by atoms with van der Waals surface area (Å²) in [5, 5.41) is 8.46. The van der Waals surface area contributed by atoms with E-state index in [9.17, 15) is 17.6 Å². The van der Waals surface area contributed by atoms with Crippen LogP contribution in [0.15, 0.2) is 6.20 Å². The lowest BCUT2D eigenvalue weighted by Gasteiger charge is -2.15. The standard InChI is InChI=1S/C10H8F4N2O/c1-6-5-16-8(2-3-15)7(4-11)9(6)17-10(12,13)14/h5H,2,4H2,1H3. The quantitative estimate of drug-likeness (QED) is 0.772. The highest BCUT2D eigenvalue weighted by Gasteiger charge is 2.33. The van der Waals surface area contributed by atoms with Crippen LogP contribution >= 0.6 is 0 Å². The minimum atomic E-state index is -4.90. The fourth-order valence-corrected chi connectivity index (χ4v) is 1.30. The van der Waals surface area contributed by atoms with Gasteiger partial charge in [-0.05, 0) is 6.92 Å². The number of nitrogens with zero attached hydrogens (tertiary/aromatic N) is 2. The molecule has 1 aromatic heterocycles. The number of aryl methyl sites for hydroxylation is 1. The first-order valence-electron chi connectivity index (χ1n) is 4.55. The van der Waals surface area contributed by atoms with Crippen molar-refractivity contribution in [3.8, 4) is 11.8 Å². The zero-order valence-electron chi connectivity index (χ0n) is 8.81. The first-order valence-corrected chi connectivity index (χ1v) is 4.55. The number of halogens is 4. The summed E-state index contributed by atoms with van der Waals surface area (Å²) in [6.07, 6.45) is -4.05. The molecule has 7 heteroatoms. The summed E-state index contributed by atoms with van der Waals surface area (Å²) in [5.41, 5.74) is -0.305. The monoisotopic (exact) mass is 248 g/mol. The van der Waals surface area contributed by atoms with Crippen LogP contribution in [0.2, 0.25) is 0 Å². The topological polar surface area (TPSA) is 45.9 Å². The molecule has 0 bridgehead atoms. The summed E-state index contributed by atoms with van der Waals surface area (Å²) in [5.74, 6) is -0.611. The summed E-state index contributed by atoms with van der Waals surface area (Å²) in [7, 11) is 0. The van der Waals surface area contributed by atoms with Crippen molar-refractivity contribution in [2.24, 2.45) is 0 Å². The molecule has 0 aromatic carbocycles. The van der Waals surface area contributed by atoms with Gasteiger partial charge in [-0.2, -0.15) is 5.26 Å². The van der Waals surface area contributed by atoms with Crippen LogP contribution in [0.3, 0.4) is 0 Å². The zero-order valence-corrected chi connectivity index (χ0v) is 8.81. The van der Waals surface area contributed by atoms with E-state index in [4.69, 9.17) is 5.26 Å². The first kappa shape index (κ1) is 13.2. The van der Waals surface area contributed by atoms with Crippen molar-refractivity contribution in [3.05, 3.63) is 23.0 Å². The highest BCUT2D eigenvalue weighted by Crippen LogP contribution is 2.31. The second-order valence-corrected chi connectivity index (χ2v) is 3.21. The van der Waals surface area contributed by atoms with Gasteiger partial charge >= 0.3 is 6.36 Å². The van der Waals surface area contributed by atoms with Crippen molar-refractivity contribution < 1.29 is 22.3 Å². The minimum absolute atomic E-state index is 0.0418. The predicted molar refractivity (Wildman–Crippen MR) is 49.8 cm³/mol. The summed E-state index contributed by atoms with van der Waals surface area (Å²) in [6, 6.07) is 1.70. The third-order valence-electron chi connectivity index (χ3n) is 1.99. The molecule has 0 saturated heterocycles. The van der Waals surface area contributed by atoms with E-state index in [2.05, 4.69) is 9.72 Å². The third kappa shape index (κ3) is 3.31. The minimum Gasteiger partial charge on any atom is -0.405 e. The van der Waals surface area contributed by atoms with Gasteiger partial charge in [0.15, 0.2) is 0 Å². The van der Waals surface area contributed by atoms with E-state index in [-0.39, 0.29) is 23.2 Å². The van der Waals surface area contributed by atoms with Gasteiger partial charge in [0.1, 0.15) is 12.4 Å². The van der Waals surface area contributed by atoms with Gasteiger partial charge in [-0.1, -0.05) is 0 Å². The molecule has 0 radical (unpaired) electrons. The van der Waals surface area contributed by atoms with E-state index in [1.54, 1.807) is 6.07 Å². The maximum Gasteiger partial charge on any atom is 0.573 e. The lowest BCUT2D eigenvalue weighted by Crippen LogP contribution is -2.19. The molecule has 1 heterocycles. The van der Waals surface area contributed by atoms with Crippen molar-refractivity contribution in [1.82, 2.24) is 4.98 Å². The van der Waals surface area contributed by atoms with Crippen LogP contribution in [0.1, 0.15) is 16.8 Å². The van der Waals surface area contributed by atoms with Gasteiger partial charge in [0, 0.05) is 17.3 Å². The summed E-state index contributed by atoms with van der Waals surface area (Å²) in [6.45, 7) is 0.153. The van der Waals surface area contributed by atoms with Crippen molar-refractivity contribution >= 4 is 0 Å². The van der Waals surface area contributed by atoms with Crippen LogP contribution in [-0.4, -0.2) is 11.3 Å². The van der Waals surface area contributed by atoms with E-state index >= 15 is 0 Å². The number of ether oxygens (including phenoxy) is 1. The van der Waals surface area contributed by atoms with Crippen LogP contribution in [0.5, 0.6) is 5.75 Å². The largest absolute Gasteiger partial charge is 0.573 e. The Balaban J connectivity index is 3.26. The molecule has 0 aliphatic heterocycles. The molecular weight excluding hydrogens is 240 g/mol. The Labute approximate surface area is 94.6 Å². The van der Waals surface area contributed by atoms with Crippen molar-refractivity contribution in [2.75, 3.05) is 0 Å². The smallest absolute Gasteiger partial charge is 0.405 e. The Morgan fingerprint density at radius 2 is 2.12 bits per heavy atom. The van der Waals surface area contributed by atoms with Crippen molar-refractivity contribution in [1.29, 1.82) is 5.26 Å². The van der Waals surface area contributed by atoms with Gasteiger partial charge < -0.3 is 4.74 Å². The number of pyridine rings is 1. The first-order chi connectivity index (χ1) is 7.89. The summed E-state index contributed by atoms with van der Waals surface area (Å²) in [4.78, 5) is 3.72. The average molecular weight is 248 g/mol. The number of aromatic nitrogens is 1. The highest BCUT2D eigenvalue weighted by molar-refractivity contribution is 5.42. The number of rotatable bonds is 3. The Hall–Kier alpha value is -1.84. The Bertz CT molecular complexity index is 451. The van der Waals surface area contributed by atoms with Gasteiger partial charge in [0.2, 0.25) is 0 Å². The highest BCUT2D eigenvalue weighted by atomic mass is 19.4. The van der Waals surface area contributed by atoms with Crippen LogP contribution < -0.4 is 4.74 Å². The van der Waals surface area contributed by atoms with Crippen LogP contribution in [0.25, 0.3) is 0 Å². The molecule has 92 valence electrons. The van der Waals surface area contributed by atoms with E-state index in [0.29, 0.717) is 0 Å². The van der Waals surface area contributed by atoms with Gasteiger partial charge in [-0.15, -0.1) is 13.2 Å². The maximum atomic E-state index is 12.7. The molecule has 0 fully saturated rings. The van der Waals surface area contributed by atoms with E-state index < -0.39 is 18.8 Å². The molecule has 3 nitrogen and oxygen atoms in total. The Kier molecular flexibility index (Phi) is 3.89. The number of hydrogen-bond acceptors (Lipinski definition) is 3. The molecule has 0 saturated carbocycles. The molecule has 1 rings (SSSR count). The molecule has 0 spiro atoms. The second kappa shape index (κ2) is 4.99. The zero-order chi connectivity index (χ0) is 13.1. The normalized spacial score (nSPS) is 11.1. The Morgan fingerprint density at radius 1 is 1.47 bits per heavy atom. The summed E-state index contributed by atoms with van der Waals surface area (Å²) < 4.78 is 52.9. The third-order valence-corrected chi connectivity index (χ3v) is 1.99. The van der Waals surface area contributed by atoms with Crippen LogP contribution in [0, 0.1) is 18.3 Å². The number of alkyl halides is 4. The van der Waals surface area contributed by atoms with Gasteiger partial charge in [-0.3, -0.25) is 4.98 Å². The molecule has 0 amide bonds.